The molecule has 0 radical (unpaired) electrons. The summed E-state index contributed by atoms with van der Waals surface area (Å²) in [6.07, 6.45) is 2.49. The van der Waals surface area contributed by atoms with Gasteiger partial charge in [-0.2, -0.15) is 0 Å². The van der Waals surface area contributed by atoms with Crippen molar-refractivity contribution in [2.24, 2.45) is 5.73 Å². The van der Waals surface area contributed by atoms with Crippen LogP contribution in [0.4, 0.5) is 4.39 Å². The van der Waals surface area contributed by atoms with E-state index in [0.29, 0.717) is 18.6 Å². The van der Waals surface area contributed by atoms with Gasteiger partial charge in [-0.1, -0.05) is 0 Å². The summed E-state index contributed by atoms with van der Waals surface area (Å²) in [5.74, 6) is -0.293. The average Bonchev–Trinajstić information content (AvgIpc) is 2.48. The SMILES string of the molecule is Cc1c(CCN)nc2c(F)cccn12. The molecule has 0 atom stereocenters. The summed E-state index contributed by atoms with van der Waals surface area (Å²) in [6, 6.07) is 3.08. The molecule has 0 spiro atoms. The number of imidazole rings is 1. The molecule has 3 nitrogen and oxygen atoms in total. The fraction of sp³-hybridized carbons (Fsp3) is 0.300. The zero-order valence-electron chi connectivity index (χ0n) is 8.00. The van der Waals surface area contributed by atoms with E-state index in [-0.39, 0.29) is 5.82 Å². The first kappa shape index (κ1) is 9.15. The Morgan fingerprint density at radius 2 is 2.36 bits per heavy atom. The van der Waals surface area contributed by atoms with Crippen molar-refractivity contribution in [1.29, 1.82) is 0 Å². The number of fused-ring (bicyclic) bond motifs is 1. The second-order valence-electron chi connectivity index (χ2n) is 3.23. The van der Waals surface area contributed by atoms with Gasteiger partial charge in [0.2, 0.25) is 0 Å². The van der Waals surface area contributed by atoms with E-state index in [1.165, 1.54) is 6.07 Å². The van der Waals surface area contributed by atoms with Crippen LogP contribution in [-0.4, -0.2) is 15.9 Å². The summed E-state index contributed by atoms with van der Waals surface area (Å²) in [4.78, 5) is 4.21. The predicted molar refractivity (Wildman–Crippen MR) is 52.6 cm³/mol. The van der Waals surface area contributed by atoms with Crippen molar-refractivity contribution in [2.45, 2.75) is 13.3 Å². The van der Waals surface area contributed by atoms with E-state index in [0.717, 1.165) is 11.4 Å². The molecule has 4 heteroatoms. The lowest BCUT2D eigenvalue weighted by Crippen LogP contribution is -2.04. The number of hydrogen-bond donors (Lipinski definition) is 1. The van der Waals surface area contributed by atoms with E-state index >= 15 is 0 Å². The fourth-order valence-electron chi connectivity index (χ4n) is 1.57. The van der Waals surface area contributed by atoms with Crippen molar-refractivity contribution < 1.29 is 4.39 Å². The van der Waals surface area contributed by atoms with Gasteiger partial charge in [-0.3, -0.25) is 0 Å². The van der Waals surface area contributed by atoms with Crippen LogP contribution < -0.4 is 5.73 Å². The number of aromatic nitrogens is 2. The highest BCUT2D eigenvalue weighted by molar-refractivity contribution is 5.44. The van der Waals surface area contributed by atoms with Gasteiger partial charge in [-0.15, -0.1) is 0 Å². The second kappa shape index (κ2) is 3.38. The number of pyridine rings is 1. The number of nitrogens with two attached hydrogens (primary N) is 1. The Labute approximate surface area is 81.4 Å². The van der Waals surface area contributed by atoms with Crippen molar-refractivity contribution in [3.8, 4) is 0 Å². The van der Waals surface area contributed by atoms with Crippen LogP contribution in [-0.2, 0) is 6.42 Å². The van der Waals surface area contributed by atoms with Gasteiger partial charge >= 0.3 is 0 Å². The van der Waals surface area contributed by atoms with Crippen LogP contribution in [0.15, 0.2) is 18.3 Å². The van der Waals surface area contributed by atoms with Gasteiger partial charge in [0, 0.05) is 18.3 Å². The van der Waals surface area contributed by atoms with Crippen LogP contribution in [0.1, 0.15) is 11.4 Å². The molecule has 2 heterocycles. The maximum atomic E-state index is 13.3. The number of halogens is 1. The topological polar surface area (TPSA) is 43.3 Å². The molecule has 74 valence electrons. The zero-order valence-corrected chi connectivity index (χ0v) is 8.00. The summed E-state index contributed by atoms with van der Waals surface area (Å²) in [7, 11) is 0. The van der Waals surface area contributed by atoms with Gasteiger partial charge in [-0.25, -0.2) is 9.37 Å². The monoisotopic (exact) mass is 193 g/mol. The van der Waals surface area contributed by atoms with Gasteiger partial charge < -0.3 is 10.1 Å². The lowest BCUT2D eigenvalue weighted by molar-refractivity contribution is 0.629. The van der Waals surface area contributed by atoms with E-state index in [2.05, 4.69) is 4.98 Å². The third-order valence-electron chi connectivity index (χ3n) is 2.32. The maximum absolute atomic E-state index is 13.3. The first-order valence-electron chi connectivity index (χ1n) is 4.56. The Morgan fingerprint density at radius 3 is 3.00 bits per heavy atom. The molecule has 2 rings (SSSR count). The summed E-state index contributed by atoms with van der Waals surface area (Å²) >= 11 is 0. The van der Waals surface area contributed by atoms with Crippen molar-refractivity contribution in [2.75, 3.05) is 6.54 Å². The van der Waals surface area contributed by atoms with Gasteiger partial charge in [0.05, 0.1) is 5.69 Å². The largest absolute Gasteiger partial charge is 0.330 e. The Kier molecular flexibility index (Phi) is 2.21. The molecule has 0 unspecified atom stereocenters. The van der Waals surface area contributed by atoms with E-state index in [4.69, 9.17) is 5.73 Å². The molecule has 2 aromatic rings. The van der Waals surface area contributed by atoms with E-state index < -0.39 is 0 Å². The van der Waals surface area contributed by atoms with Crippen LogP contribution in [0, 0.1) is 12.7 Å². The third-order valence-corrected chi connectivity index (χ3v) is 2.32. The van der Waals surface area contributed by atoms with Crippen LogP contribution in [0.2, 0.25) is 0 Å². The summed E-state index contributed by atoms with van der Waals surface area (Å²) in [6.45, 7) is 2.46. The van der Waals surface area contributed by atoms with Crippen molar-refractivity contribution in [3.63, 3.8) is 0 Å². The summed E-state index contributed by atoms with van der Waals surface area (Å²) in [5.41, 5.74) is 7.66. The second-order valence-corrected chi connectivity index (χ2v) is 3.23. The molecule has 0 aliphatic rings. The molecule has 2 N–H and O–H groups in total. The molecule has 0 aliphatic carbocycles. The lowest BCUT2D eigenvalue weighted by atomic mass is 10.2. The Morgan fingerprint density at radius 1 is 1.57 bits per heavy atom. The molecule has 0 aromatic carbocycles. The van der Waals surface area contributed by atoms with Crippen molar-refractivity contribution >= 4 is 5.65 Å². The molecule has 0 aliphatic heterocycles. The first-order valence-corrected chi connectivity index (χ1v) is 4.56. The van der Waals surface area contributed by atoms with E-state index in [9.17, 15) is 4.39 Å². The molecule has 2 aromatic heterocycles. The molecule has 0 bridgehead atoms. The van der Waals surface area contributed by atoms with Gasteiger partial charge in [0.25, 0.3) is 0 Å². The molecular formula is C10H12FN3. The minimum absolute atomic E-state index is 0.293. The normalized spacial score (nSPS) is 11.1. The van der Waals surface area contributed by atoms with Gasteiger partial charge in [0.15, 0.2) is 11.5 Å². The molecule has 0 saturated heterocycles. The standard InChI is InChI=1S/C10H12FN3/c1-7-9(4-5-12)13-10-8(11)3-2-6-14(7)10/h2-3,6H,4-5,12H2,1H3. The van der Waals surface area contributed by atoms with Crippen LogP contribution in [0.3, 0.4) is 0 Å². The highest BCUT2D eigenvalue weighted by atomic mass is 19.1. The number of rotatable bonds is 2. The molecular weight excluding hydrogens is 181 g/mol. The van der Waals surface area contributed by atoms with E-state index in [1.807, 2.05) is 6.92 Å². The number of aryl methyl sites for hydroxylation is 1. The fourth-order valence-corrected chi connectivity index (χ4v) is 1.57. The quantitative estimate of drug-likeness (QED) is 0.780. The molecule has 0 saturated carbocycles. The third kappa shape index (κ3) is 1.28. The van der Waals surface area contributed by atoms with Crippen LogP contribution in [0.25, 0.3) is 5.65 Å². The summed E-state index contributed by atoms with van der Waals surface area (Å²) < 4.78 is 15.1. The average molecular weight is 193 g/mol. The van der Waals surface area contributed by atoms with E-state index in [1.54, 1.807) is 16.7 Å². The van der Waals surface area contributed by atoms with Gasteiger partial charge in [-0.05, 0) is 25.6 Å². The Balaban J connectivity index is 2.67. The smallest absolute Gasteiger partial charge is 0.173 e. The minimum Gasteiger partial charge on any atom is -0.330 e. The Hall–Kier alpha value is -1.42. The highest BCUT2D eigenvalue weighted by Gasteiger charge is 2.09. The van der Waals surface area contributed by atoms with Crippen molar-refractivity contribution in [3.05, 3.63) is 35.5 Å². The number of nitrogens with zero attached hydrogens (tertiary/aromatic N) is 2. The van der Waals surface area contributed by atoms with Crippen molar-refractivity contribution in [1.82, 2.24) is 9.38 Å². The van der Waals surface area contributed by atoms with Gasteiger partial charge in [0.1, 0.15) is 0 Å². The minimum atomic E-state index is -0.293. The zero-order chi connectivity index (χ0) is 10.1. The lowest BCUT2D eigenvalue weighted by Gasteiger charge is -1.96. The number of hydrogen-bond acceptors (Lipinski definition) is 2. The molecule has 0 amide bonds. The molecule has 14 heavy (non-hydrogen) atoms. The maximum Gasteiger partial charge on any atom is 0.173 e. The summed E-state index contributed by atoms with van der Waals surface area (Å²) in [5, 5.41) is 0. The highest BCUT2D eigenvalue weighted by Crippen LogP contribution is 2.14. The van der Waals surface area contributed by atoms with Crippen LogP contribution >= 0.6 is 0 Å². The predicted octanol–water partition coefficient (Wildman–Crippen LogP) is 1.28. The molecule has 0 fully saturated rings. The first-order chi connectivity index (χ1) is 6.74. The van der Waals surface area contributed by atoms with Crippen LogP contribution in [0.5, 0.6) is 0 Å². The Bertz CT molecular complexity index is 462.